The number of hydrogen-bond acceptors (Lipinski definition) is 5. The minimum Gasteiger partial charge on any atom is -0.478 e. The summed E-state index contributed by atoms with van der Waals surface area (Å²) in [7, 11) is 0. The van der Waals surface area contributed by atoms with Crippen LogP contribution < -0.4 is 0 Å². The van der Waals surface area contributed by atoms with Gasteiger partial charge >= 0.3 is 5.97 Å². The number of hydrogen-bond donors (Lipinski definition) is 1. The summed E-state index contributed by atoms with van der Waals surface area (Å²) in [4.78, 5) is 17.2. The van der Waals surface area contributed by atoms with Crippen LogP contribution in [0.25, 0.3) is 16.9 Å². The van der Waals surface area contributed by atoms with Gasteiger partial charge in [-0.1, -0.05) is 36.4 Å². The summed E-state index contributed by atoms with van der Waals surface area (Å²) in [5.74, 6) is -0.886. The summed E-state index contributed by atoms with van der Waals surface area (Å²) in [6.45, 7) is 3.83. The molecule has 0 unspecified atom stereocenters. The third-order valence-corrected chi connectivity index (χ3v) is 6.12. The zero-order chi connectivity index (χ0) is 21.4. The van der Waals surface area contributed by atoms with Crippen LogP contribution in [0.1, 0.15) is 35.3 Å². The molecule has 0 bridgehead atoms. The van der Waals surface area contributed by atoms with E-state index < -0.39 is 11.8 Å². The van der Waals surface area contributed by atoms with Crippen LogP contribution in [-0.4, -0.2) is 25.8 Å². The van der Waals surface area contributed by atoms with Crippen LogP contribution >= 0.6 is 23.4 Å². The fraction of sp³-hybridized carbons (Fsp3) is 0.190. The largest absolute Gasteiger partial charge is 0.478 e. The Hall–Kier alpha value is -2.84. The van der Waals surface area contributed by atoms with Crippen molar-refractivity contribution < 1.29 is 18.8 Å². The average Bonchev–Trinajstić information content (AvgIpc) is 3.28. The molecule has 1 N–H and O–H groups in total. The molecule has 2 heterocycles. The van der Waals surface area contributed by atoms with Crippen LogP contribution in [0.4, 0.5) is 4.39 Å². The Morgan fingerprint density at radius 3 is 2.87 bits per heavy atom. The monoisotopic (exact) mass is 445 g/mol. The van der Waals surface area contributed by atoms with Crippen molar-refractivity contribution in [2.24, 2.45) is 0 Å². The molecule has 0 amide bonds. The molecule has 0 spiro atoms. The van der Waals surface area contributed by atoms with Crippen LogP contribution in [0.5, 0.6) is 0 Å². The summed E-state index contributed by atoms with van der Waals surface area (Å²) in [6.07, 6.45) is 1.46. The number of aryl methyl sites for hydroxylation is 1. The topological polar surface area (TPSA) is 81.2 Å². The minimum atomic E-state index is -1.01. The first-order chi connectivity index (χ1) is 14.4. The molecule has 0 radical (unpaired) electrons. The van der Waals surface area contributed by atoms with E-state index in [0.29, 0.717) is 28.3 Å². The molecule has 0 aliphatic rings. The summed E-state index contributed by atoms with van der Waals surface area (Å²) in [6, 6.07) is 9.82. The number of halogens is 2. The highest BCUT2D eigenvalue weighted by Gasteiger charge is 2.23. The first kappa shape index (κ1) is 20.4. The number of carboxylic acids is 1. The number of carboxylic acid groups (broad SMARTS) is 1. The molecule has 0 saturated carbocycles. The molecule has 0 aliphatic carbocycles. The number of nitrogens with zero attached hydrogens (tertiary/aromatic N) is 3. The molecule has 2 aromatic carbocycles. The summed E-state index contributed by atoms with van der Waals surface area (Å²) in [5, 5.41) is 13.9. The lowest BCUT2D eigenvalue weighted by molar-refractivity contribution is 0.0696. The molecule has 0 saturated heterocycles. The van der Waals surface area contributed by atoms with Gasteiger partial charge in [-0.05, 0) is 48.8 Å². The van der Waals surface area contributed by atoms with Crippen molar-refractivity contribution >= 4 is 40.2 Å². The van der Waals surface area contributed by atoms with E-state index in [9.17, 15) is 9.90 Å². The first-order valence-corrected chi connectivity index (χ1v) is 10.4. The second kappa shape index (κ2) is 8.12. The lowest BCUT2D eigenvalue weighted by Gasteiger charge is -2.05. The highest BCUT2D eigenvalue weighted by Crippen LogP contribution is 2.41. The quantitative estimate of drug-likeness (QED) is 0.397. The predicted octanol–water partition coefficient (Wildman–Crippen LogP) is 5.92. The van der Waals surface area contributed by atoms with Gasteiger partial charge in [0, 0.05) is 27.3 Å². The van der Waals surface area contributed by atoms with E-state index in [-0.39, 0.29) is 22.1 Å². The Kier molecular flexibility index (Phi) is 5.53. The van der Waals surface area contributed by atoms with E-state index in [1.807, 2.05) is 13.8 Å². The zero-order valence-electron chi connectivity index (χ0n) is 16.1. The van der Waals surface area contributed by atoms with E-state index in [1.165, 1.54) is 23.9 Å². The maximum atomic E-state index is 15.1. The normalized spacial score (nSPS) is 11.3. The second-order valence-corrected chi connectivity index (χ2v) is 8.17. The Morgan fingerprint density at radius 1 is 1.33 bits per heavy atom. The molecule has 4 rings (SSSR count). The van der Waals surface area contributed by atoms with E-state index in [1.54, 1.807) is 28.8 Å². The van der Waals surface area contributed by atoms with Gasteiger partial charge in [0.2, 0.25) is 5.89 Å². The van der Waals surface area contributed by atoms with Gasteiger partial charge in [-0.3, -0.25) is 4.57 Å². The fourth-order valence-corrected chi connectivity index (χ4v) is 4.48. The van der Waals surface area contributed by atoms with Crippen LogP contribution in [-0.2, 0) is 6.42 Å². The van der Waals surface area contributed by atoms with Crippen molar-refractivity contribution in [2.45, 2.75) is 36.5 Å². The molecular formula is C21H17ClFN3O3S. The van der Waals surface area contributed by atoms with Crippen molar-refractivity contribution in [1.82, 2.24) is 14.7 Å². The van der Waals surface area contributed by atoms with Crippen LogP contribution in [0.15, 0.2) is 50.7 Å². The number of aromatic carboxylic acids is 1. The van der Waals surface area contributed by atoms with Gasteiger partial charge in [0.1, 0.15) is 0 Å². The molecule has 0 atom stereocenters. The van der Waals surface area contributed by atoms with Gasteiger partial charge in [-0.15, -0.1) is 0 Å². The molecule has 6 nitrogen and oxygen atoms in total. The fourth-order valence-electron chi connectivity index (χ4n) is 3.25. The van der Waals surface area contributed by atoms with Gasteiger partial charge in [0.15, 0.2) is 5.82 Å². The molecule has 30 heavy (non-hydrogen) atoms. The van der Waals surface area contributed by atoms with Crippen LogP contribution in [0, 0.1) is 12.7 Å². The molecule has 154 valence electrons. The van der Waals surface area contributed by atoms with Crippen molar-refractivity contribution in [3.05, 3.63) is 64.4 Å². The standard InChI is InChI=1S/C21H17ClFN3O3S/c1-3-5-16-24-21(25-29-16)26-11(2)19(14-8-9-15(22)17(23)18(14)26)30-13-7-4-6-12(10-13)20(27)28/h4,6-10H,3,5H2,1-2H3,(H,27,28). The third kappa shape index (κ3) is 3.57. The molecule has 0 aliphatic heterocycles. The molecular weight excluding hydrogens is 429 g/mol. The van der Waals surface area contributed by atoms with Crippen LogP contribution in [0.2, 0.25) is 5.02 Å². The summed E-state index contributed by atoms with van der Waals surface area (Å²) >= 11 is 7.40. The average molecular weight is 446 g/mol. The highest BCUT2D eigenvalue weighted by atomic mass is 35.5. The van der Waals surface area contributed by atoms with Gasteiger partial charge in [0.05, 0.1) is 16.1 Å². The SMILES string of the molecule is CCCc1nc(-n2c(C)c(Sc3cccc(C(=O)O)c3)c3ccc(Cl)c(F)c32)no1. The van der Waals surface area contributed by atoms with E-state index in [2.05, 4.69) is 10.1 Å². The van der Waals surface area contributed by atoms with Gasteiger partial charge in [0.25, 0.3) is 5.95 Å². The number of carbonyl (C=O) groups is 1. The maximum Gasteiger partial charge on any atom is 0.335 e. The molecule has 0 fully saturated rings. The minimum absolute atomic E-state index is 0.0112. The zero-order valence-corrected chi connectivity index (χ0v) is 17.7. The van der Waals surface area contributed by atoms with E-state index >= 15 is 4.39 Å². The predicted molar refractivity (Wildman–Crippen MR) is 112 cm³/mol. The first-order valence-electron chi connectivity index (χ1n) is 9.23. The number of benzene rings is 2. The third-order valence-electron chi connectivity index (χ3n) is 4.62. The Morgan fingerprint density at radius 2 is 2.13 bits per heavy atom. The van der Waals surface area contributed by atoms with E-state index in [4.69, 9.17) is 16.1 Å². The van der Waals surface area contributed by atoms with Gasteiger partial charge < -0.3 is 9.63 Å². The smallest absolute Gasteiger partial charge is 0.335 e. The summed E-state index contributed by atoms with van der Waals surface area (Å²) in [5.41, 5.74) is 1.12. The van der Waals surface area contributed by atoms with Crippen molar-refractivity contribution in [3.63, 3.8) is 0 Å². The molecule has 2 aromatic heterocycles. The lowest BCUT2D eigenvalue weighted by atomic mass is 10.2. The highest BCUT2D eigenvalue weighted by molar-refractivity contribution is 7.99. The van der Waals surface area contributed by atoms with Gasteiger partial charge in [-0.25, -0.2) is 9.18 Å². The van der Waals surface area contributed by atoms with E-state index in [0.717, 1.165) is 11.3 Å². The maximum absolute atomic E-state index is 15.1. The van der Waals surface area contributed by atoms with Crippen molar-refractivity contribution in [3.8, 4) is 5.95 Å². The number of fused-ring (bicyclic) bond motifs is 1. The molecule has 9 heteroatoms. The van der Waals surface area contributed by atoms with Crippen molar-refractivity contribution in [1.29, 1.82) is 0 Å². The lowest BCUT2D eigenvalue weighted by Crippen LogP contribution is -2.01. The number of aromatic nitrogens is 3. The van der Waals surface area contributed by atoms with Crippen molar-refractivity contribution in [2.75, 3.05) is 0 Å². The Labute approximate surface area is 180 Å². The number of rotatable bonds is 6. The molecule has 4 aromatic rings. The second-order valence-electron chi connectivity index (χ2n) is 6.68. The van der Waals surface area contributed by atoms with Gasteiger partial charge in [-0.2, -0.15) is 4.98 Å². The Balaban J connectivity index is 1.90. The Bertz CT molecular complexity index is 1270. The van der Waals surface area contributed by atoms with Crippen LogP contribution in [0.3, 0.4) is 0 Å². The summed E-state index contributed by atoms with van der Waals surface area (Å²) < 4.78 is 22.0.